The van der Waals surface area contributed by atoms with Gasteiger partial charge in [-0.1, -0.05) is 13.3 Å². The molecule has 0 aliphatic carbocycles. The summed E-state index contributed by atoms with van der Waals surface area (Å²) >= 11 is 0. The van der Waals surface area contributed by atoms with Crippen molar-refractivity contribution in [1.29, 1.82) is 0 Å². The van der Waals surface area contributed by atoms with E-state index in [2.05, 4.69) is 24.1 Å². The molecule has 0 aromatic carbocycles. The molecule has 0 aromatic rings. The van der Waals surface area contributed by atoms with Gasteiger partial charge in [-0.05, 0) is 40.2 Å². The highest BCUT2D eigenvalue weighted by Gasteiger charge is 2.44. The maximum atomic E-state index is 12.7. The molecule has 20 heavy (non-hydrogen) atoms. The van der Waals surface area contributed by atoms with Gasteiger partial charge >= 0.3 is 5.97 Å². The molecule has 3 atom stereocenters. The third-order valence-electron chi connectivity index (χ3n) is 3.96. The number of nitrogens with zero attached hydrogens (tertiary/aromatic N) is 1. The number of hydrogen-bond donors (Lipinski definition) is 2. The van der Waals surface area contributed by atoms with Crippen LogP contribution in [0.2, 0.25) is 0 Å². The molecule has 2 unspecified atom stereocenters. The Hall–Kier alpha value is -0.940. The highest BCUT2D eigenvalue weighted by Crippen LogP contribution is 2.27. The van der Waals surface area contributed by atoms with Crippen molar-refractivity contribution in [2.75, 3.05) is 13.1 Å². The Kier molecular flexibility index (Phi) is 6.14. The molecule has 1 fully saturated rings. The summed E-state index contributed by atoms with van der Waals surface area (Å²) in [4.78, 5) is 25.6. The summed E-state index contributed by atoms with van der Waals surface area (Å²) in [5.41, 5.74) is -0.597. The maximum Gasteiger partial charge on any atom is 0.303 e. The van der Waals surface area contributed by atoms with Crippen LogP contribution in [0.4, 0.5) is 0 Å². The zero-order valence-electron chi connectivity index (χ0n) is 13.1. The molecule has 0 amide bonds. The van der Waals surface area contributed by atoms with Crippen molar-refractivity contribution in [1.82, 2.24) is 10.2 Å². The van der Waals surface area contributed by atoms with Gasteiger partial charge in [0.2, 0.25) is 0 Å². The van der Waals surface area contributed by atoms with E-state index in [9.17, 15) is 9.59 Å². The van der Waals surface area contributed by atoms with E-state index in [1.807, 2.05) is 13.8 Å². The van der Waals surface area contributed by atoms with Gasteiger partial charge in [-0.2, -0.15) is 0 Å². The molecular formula is C15H28N2O3. The number of carbonyl (C=O) groups excluding carboxylic acids is 1. The van der Waals surface area contributed by atoms with Gasteiger partial charge in [0.15, 0.2) is 5.78 Å². The zero-order valence-corrected chi connectivity index (χ0v) is 13.1. The van der Waals surface area contributed by atoms with E-state index in [1.54, 1.807) is 0 Å². The summed E-state index contributed by atoms with van der Waals surface area (Å²) in [6.45, 7) is 9.68. The Bertz CT molecular complexity index is 355. The second-order valence-corrected chi connectivity index (χ2v) is 6.26. The van der Waals surface area contributed by atoms with E-state index in [0.29, 0.717) is 12.5 Å². The standard InChI is InChI=1S/C15H28N2O3/c1-5-6-9-16-15(3,4)14(20)12(7-8-13(18)19)17-10-11(17)2/h11-12,16H,5-10H2,1-4H3,(H,18,19)/t11?,12-,17?/m0/s1. The highest BCUT2D eigenvalue weighted by molar-refractivity contribution is 5.92. The van der Waals surface area contributed by atoms with Crippen molar-refractivity contribution < 1.29 is 14.7 Å². The van der Waals surface area contributed by atoms with E-state index in [-0.39, 0.29) is 18.2 Å². The van der Waals surface area contributed by atoms with Gasteiger partial charge in [0.05, 0.1) is 11.6 Å². The molecule has 0 saturated carbocycles. The third kappa shape index (κ3) is 4.87. The quantitative estimate of drug-likeness (QED) is 0.472. The van der Waals surface area contributed by atoms with Crippen LogP contribution in [0.5, 0.6) is 0 Å². The topological polar surface area (TPSA) is 69.4 Å². The molecule has 0 radical (unpaired) electrons. The van der Waals surface area contributed by atoms with Crippen molar-refractivity contribution in [3.05, 3.63) is 0 Å². The van der Waals surface area contributed by atoms with E-state index in [1.165, 1.54) is 0 Å². The first-order chi connectivity index (χ1) is 9.29. The van der Waals surface area contributed by atoms with Crippen LogP contribution in [0.15, 0.2) is 0 Å². The minimum Gasteiger partial charge on any atom is -0.481 e. The largest absolute Gasteiger partial charge is 0.481 e. The van der Waals surface area contributed by atoms with E-state index in [0.717, 1.165) is 25.9 Å². The van der Waals surface area contributed by atoms with Crippen LogP contribution in [0.3, 0.4) is 0 Å². The van der Waals surface area contributed by atoms with Gasteiger partial charge in [-0.15, -0.1) is 0 Å². The minimum atomic E-state index is -0.839. The first-order valence-corrected chi connectivity index (χ1v) is 7.56. The fraction of sp³-hybridized carbons (Fsp3) is 0.867. The number of aliphatic carboxylic acids is 1. The fourth-order valence-electron chi connectivity index (χ4n) is 2.48. The van der Waals surface area contributed by atoms with Crippen LogP contribution >= 0.6 is 0 Å². The van der Waals surface area contributed by atoms with Crippen molar-refractivity contribution in [3.63, 3.8) is 0 Å². The van der Waals surface area contributed by atoms with Crippen LogP contribution in [-0.4, -0.2) is 52.5 Å². The molecule has 1 rings (SSSR count). The summed E-state index contributed by atoms with van der Waals surface area (Å²) in [5, 5.41) is 12.1. The smallest absolute Gasteiger partial charge is 0.303 e. The molecule has 116 valence electrons. The first-order valence-electron chi connectivity index (χ1n) is 7.56. The molecule has 1 aliphatic heterocycles. The number of unbranched alkanes of at least 4 members (excludes halogenated alkanes) is 1. The molecule has 0 spiro atoms. The first kappa shape index (κ1) is 17.1. The number of Topliss-reactive ketones (excluding diaryl/α,β-unsaturated/α-hetero) is 1. The van der Waals surface area contributed by atoms with Crippen LogP contribution in [-0.2, 0) is 9.59 Å². The number of nitrogens with one attached hydrogen (secondary N) is 1. The van der Waals surface area contributed by atoms with Gasteiger partial charge < -0.3 is 10.4 Å². The van der Waals surface area contributed by atoms with Crippen molar-refractivity contribution >= 4 is 11.8 Å². The lowest BCUT2D eigenvalue weighted by molar-refractivity contribution is -0.137. The average Bonchev–Trinajstić information content (AvgIpc) is 3.06. The summed E-state index contributed by atoms with van der Waals surface area (Å²) < 4.78 is 0. The van der Waals surface area contributed by atoms with Crippen molar-refractivity contribution in [2.24, 2.45) is 0 Å². The van der Waals surface area contributed by atoms with Crippen LogP contribution in [0.1, 0.15) is 53.4 Å². The van der Waals surface area contributed by atoms with E-state index >= 15 is 0 Å². The average molecular weight is 284 g/mol. The lowest BCUT2D eigenvalue weighted by Crippen LogP contribution is -2.53. The normalized spacial score (nSPS) is 23.4. The third-order valence-corrected chi connectivity index (χ3v) is 3.96. The zero-order chi connectivity index (χ0) is 15.3. The SMILES string of the molecule is CCCCNC(C)(C)C(=O)[C@H](CCC(=O)O)N1CC1C. The van der Waals surface area contributed by atoms with Gasteiger partial charge in [-0.25, -0.2) is 0 Å². The monoisotopic (exact) mass is 284 g/mol. The Balaban J connectivity index is 2.63. The molecule has 2 N–H and O–H groups in total. The highest BCUT2D eigenvalue weighted by atomic mass is 16.4. The maximum absolute atomic E-state index is 12.7. The Morgan fingerprint density at radius 1 is 1.45 bits per heavy atom. The number of hydrogen-bond acceptors (Lipinski definition) is 4. The Labute approximate surface area is 121 Å². The lowest BCUT2D eigenvalue weighted by Gasteiger charge is -2.30. The molecule has 5 nitrogen and oxygen atoms in total. The molecular weight excluding hydrogens is 256 g/mol. The Morgan fingerprint density at radius 2 is 2.05 bits per heavy atom. The van der Waals surface area contributed by atoms with Gasteiger partial charge in [-0.3, -0.25) is 14.5 Å². The number of ketones is 1. The molecule has 5 heteroatoms. The van der Waals surface area contributed by atoms with Crippen LogP contribution in [0, 0.1) is 0 Å². The lowest BCUT2D eigenvalue weighted by atomic mass is 9.90. The predicted octanol–water partition coefficient (Wildman–Crippen LogP) is 1.66. The van der Waals surface area contributed by atoms with Crippen LogP contribution < -0.4 is 5.32 Å². The Morgan fingerprint density at radius 3 is 2.50 bits per heavy atom. The van der Waals surface area contributed by atoms with Gasteiger partial charge in [0.25, 0.3) is 0 Å². The van der Waals surface area contributed by atoms with Gasteiger partial charge in [0.1, 0.15) is 0 Å². The summed E-state index contributed by atoms with van der Waals surface area (Å²) in [7, 11) is 0. The summed E-state index contributed by atoms with van der Waals surface area (Å²) in [6, 6.07) is 0.120. The summed E-state index contributed by atoms with van der Waals surface area (Å²) in [6.07, 6.45) is 2.57. The van der Waals surface area contributed by atoms with E-state index in [4.69, 9.17) is 5.11 Å². The number of carboxylic acid groups (broad SMARTS) is 1. The molecule has 0 bridgehead atoms. The second-order valence-electron chi connectivity index (χ2n) is 6.26. The van der Waals surface area contributed by atoms with E-state index < -0.39 is 11.5 Å². The molecule has 0 aromatic heterocycles. The predicted molar refractivity (Wildman–Crippen MR) is 78.8 cm³/mol. The fourth-order valence-corrected chi connectivity index (χ4v) is 2.48. The van der Waals surface area contributed by atoms with Crippen molar-refractivity contribution in [2.45, 2.75) is 71.0 Å². The molecule has 1 heterocycles. The number of carboxylic acids is 1. The van der Waals surface area contributed by atoms with Gasteiger partial charge in [0, 0.05) is 19.0 Å². The molecule has 1 aliphatic rings. The number of rotatable bonds is 10. The number of carbonyl (C=O) groups is 2. The van der Waals surface area contributed by atoms with Crippen LogP contribution in [0.25, 0.3) is 0 Å². The van der Waals surface area contributed by atoms with Crippen molar-refractivity contribution in [3.8, 4) is 0 Å². The minimum absolute atomic E-state index is 0.0463. The molecule has 1 saturated heterocycles. The summed E-state index contributed by atoms with van der Waals surface area (Å²) in [5.74, 6) is -0.728. The second kappa shape index (κ2) is 7.18.